The van der Waals surface area contributed by atoms with Gasteiger partial charge in [-0.2, -0.15) is 0 Å². The number of hydrogen-bond donors (Lipinski definition) is 0. The normalized spacial score (nSPS) is 32.0. The second kappa shape index (κ2) is 10.2. The van der Waals surface area contributed by atoms with Gasteiger partial charge in [0.05, 0.1) is 0 Å². The predicted molar refractivity (Wildman–Crippen MR) is 93.8 cm³/mol. The Labute approximate surface area is 129 Å². The van der Waals surface area contributed by atoms with Crippen molar-refractivity contribution in [1.82, 2.24) is 0 Å². The zero-order chi connectivity index (χ0) is 12.5. The summed E-state index contributed by atoms with van der Waals surface area (Å²) in [5.41, 5.74) is 0. The first kappa shape index (κ1) is 15.8. The monoisotopic (exact) mass is 322 g/mol. The van der Waals surface area contributed by atoms with Crippen LogP contribution in [0.3, 0.4) is 0 Å². The summed E-state index contributed by atoms with van der Waals surface area (Å²) in [5.74, 6) is 2.77. The fourth-order valence-corrected chi connectivity index (χ4v) is 8.37. The molecule has 0 saturated carbocycles. The van der Waals surface area contributed by atoms with Gasteiger partial charge in [-0.25, -0.2) is 0 Å². The van der Waals surface area contributed by atoms with Crippen molar-refractivity contribution < 1.29 is 0 Å². The topological polar surface area (TPSA) is 0 Å². The summed E-state index contributed by atoms with van der Waals surface area (Å²) in [7, 11) is 8.66. The second-order valence-corrected chi connectivity index (χ2v) is 10.9. The Hall–Kier alpha value is 1.40. The molecule has 2 saturated heterocycles. The van der Waals surface area contributed by atoms with Crippen molar-refractivity contribution in [2.24, 2.45) is 0 Å². The molecule has 18 heavy (non-hydrogen) atoms. The molecule has 0 nitrogen and oxygen atoms in total. The highest BCUT2D eigenvalue weighted by Gasteiger charge is 2.17. The summed E-state index contributed by atoms with van der Waals surface area (Å²) in [6.45, 7) is 0. The van der Waals surface area contributed by atoms with E-state index < -0.39 is 0 Å². The smallest absolute Gasteiger partial charge is 0.0151 e. The van der Waals surface area contributed by atoms with E-state index in [2.05, 4.69) is 43.2 Å². The summed E-state index contributed by atoms with van der Waals surface area (Å²) in [6, 6.07) is 0. The van der Waals surface area contributed by atoms with E-state index in [4.69, 9.17) is 0 Å². The summed E-state index contributed by atoms with van der Waals surface area (Å²) < 4.78 is 0. The molecule has 2 atom stereocenters. The van der Waals surface area contributed by atoms with Crippen LogP contribution in [0.15, 0.2) is 0 Å². The molecule has 2 aliphatic rings. The highest BCUT2D eigenvalue weighted by atomic mass is 33.1. The Morgan fingerprint density at radius 2 is 1.11 bits per heavy atom. The van der Waals surface area contributed by atoms with E-state index in [0.717, 1.165) is 10.5 Å². The third-order valence-corrected chi connectivity index (χ3v) is 9.85. The van der Waals surface area contributed by atoms with Crippen LogP contribution in [0.5, 0.6) is 0 Å². The van der Waals surface area contributed by atoms with Crippen molar-refractivity contribution in [3.63, 3.8) is 0 Å². The summed E-state index contributed by atoms with van der Waals surface area (Å²) in [5, 5.41) is 1.90. The van der Waals surface area contributed by atoms with Gasteiger partial charge in [0.25, 0.3) is 0 Å². The molecule has 0 bridgehead atoms. The highest BCUT2D eigenvalue weighted by Crippen LogP contribution is 2.40. The van der Waals surface area contributed by atoms with Gasteiger partial charge >= 0.3 is 0 Å². The second-order valence-electron chi connectivity index (χ2n) is 5.36. The first-order valence-electron chi connectivity index (χ1n) is 7.52. The number of hydrogen-bond acceptors (Lipinski definition) is 4. The minimum atomic E-state index is 0.950. The standard InChI is InChI=1S/C14H26S4/c1-3-7-13(17-15-11-5-1)9-10-14-8-4-2-6-12-16-18-14/h13-14H,1-12H2. The van der Waals surface area contributed by atoms with Crippen LogP contribution in [-0.2, 0) is 0 Å². The van der Waals surface area contributed by atoms with E-state index in [-0.39, 0.29) is 0 Å². The van der Waals surface area contributed by atoms with Crippen molar-refractivity contribution >= 4 is 43.2 Å². The molecule has 2 aliphatic heterocycles. The Morgan fingerprint density at radius 1 is 0.611 bits per heavy atom. The van der Waals surface area contributed by atoms with Crippen LogP contribution in [-0.4, -0.2) is 22.0 Å². The lowest BCUT2D eigenvalue weighted by Crippen LogP contribution is -2.10. The van der Waals surface area contributed by atoms with Crippen molar-refractivity contribution in [3.8, 4) is 0 Å². The van der Waals surface area contributed by atoms with Gasteiger partial charge < -0.3 is 0 Å². The molecule has 0 radical (unpaired) electrons. The average molecular weight is 323 g/mol. The molecule has 2 fully saturated rings. The lowest BCUT2D eigenvalue weighted by Gasteiger charge is -2.22. The number of rotatable bonds is 3. The van der Waals surface area contributed by atoms with Crippen molar-refractivity contribution in [2.45, 2.75) is 74.7 Å². The van der Waals surface area contributed by atoms with Crippen molar-refractivity contribution in [3.05, 3.63) is 0 Å². The van der Waals surface area contributed by atoms with E-state index >= 15 is 0 Å². The van der Waals surface area contributed by atoms with Crippen LogP contribution in [0, 0.1) is 0 Å². The van der Waals surface area contributed by atoms with Crippen LogP contribution in [0.25, 0.3) is 0 Å². The van der Waals surface area contributed by atoms with Gasteiger partial charge in [0, 0.05) is 22.0 Å². The Balaban J connectivity index is 1.64. The molecule has 4 heteroatoms. The first-order chi connectivity index (χ1) is 8.95. The van der Waals surface area contributed by atoms with Gasteiger partial charge in [0.1, 0.15) is 0 Å². The van der Waals surface area contributed by atoms with Crippen molar-refractivity contribution in [1.29, 1.82) is 0 Å². The quantitative estimate of drug-likeness (QED) is 0.550. The molecule has 0 aliphatic carbocycles. The fraction of sp³-hybridized carbons (Fsp3) is 1.00. The largest absolute Gasteiger partial charge is 0.0939 e. The molecule has 2 unspecified atom stereocenters. The average Bonchev–Trinajstić information content (AvgIpc) is 2.29. The van der Waals surface area contributed by atoms with E-state index in [1.54, 1.807) is 0 Å². The Morgan fingerprint density at radius 3 is 1.61 bits per heavy atom. The van der Waals surface area contributed by atoms with Gasteiger partial charge in [0.15, 0.2) is 0 Å². The van der Waals surface area contributed by atoms with Gasteiger partial charge in [-0.3, -0.25) is 0 Å². The molecule has 0 N–H and O–H groups in total. The zero-order valence-corrected chi connectivity index (χ0v) is 14.5. The van der Waals surface area contributed by atoms with E-state index in [1.807, 2.05) is 0 Å². The Kier molecular flexibility index (Phi) is 8.92. The minimum absolute atomic E-state index is 0.950. The molecular weight excluding hydrogens is 296 g/mol. The summed E-state index contributed by atoms with van der Waals surface area (Å²) in [6.07, 6.45) is 14.7. The lowest BCUT2D eigenvalue weighted by atomic mass is 10.0. The predicted octanol–water partition coefficient (Wildman–Crippen LogP) is 6.41. The molecule has 0 spiro atoms. The SMILES string of the molecule is C1CCSSC(CCC2CCCCCSS2)CC1. The maximum atomic E-state index is 2.20. The van der Waals surface area contributed by atoms with Crippen molar-refractivity contribution in [2.75, 3.05) is 11.5 Å². The molecular formula is C14H26S4. The molecule has 106 valence electrons. The molecule has 0 aromatic heterocycles. The van der Waals surface area contributed by atoms with E-state index in [9.17, 15) is 0 Å². The Bertz CT molecular complexity index is 172. The van der Waals surface area contributed by atoms with Gasteiger partial charge in [-0.15, -0.1) is 0 Å². The summed E-state index contributed by atoms with van der Waals surface area (Å²) in [4.78, 5) is 0. The van der Waals surface area contributed by atoms with Crippen LogP contribution in [0.1, 0.15) is 64.2 Å². The van der Waals surface area contributed by atoms with Crippen LogP contribution in [0.4, 0.5) is 0 Å². The van der Waals surface area contributed by atoms with E-state index in [0.29, 0.717) is 0 Å². The molecule has 2 heterocycles. The van der Waals surface area contributed by atoms with E-state index in [1.165, 1.54) is 75.7 Å². The van der Waals surface area contributed by atoms with Gasteiger partial charge in [-0.05, 0) is 38.5 Å². The van der Waals surface area contributed by atoms with Crippen LogP contribution in [0.2, 0.25) is 0 Å². The van der Waals surface area contributed by atoms with Gasteiger partial charge in [0.2, 0.25) is 0 Å². The molecule has 2 rings (SSSR count). The highest BCUT2D eigenvalue weighted by molar-refractivity contribution is 8.77. The molecule has 0 aromatic carbocycles. The minimum Gasteiger partial charge on any atom is -0.0939 e. The maximum absolute atomic E-state index is 2.20. The zero-order valence-electron chi connectivity index (χ0n) is 11.3. The van der Waals surface area contributed by atoms with Crippen LogP contribution >= 0.6 is 43.2 Å². The lowest BCUT2D eigenvalue weighted by molar-refractivity contribution is 0.566. The third kappa shape index (κ3) is 6.71. The first-order valence-corrected chi connectivity index (χ1v) is 12.3. The molecule has 0 aromatic rings. The molecule has 0 amide bonds. The fourth-order valence-electron chi connectivity index (χ4n) is 2.56. The third-order valence-electron chi connectivity index (χ3n) is 3.73. The van der Waals surface area contributed by atoms with Gasteiger partial charge in [-0.1, -0.05) is 68.9 Å². The maximum Gasteiger partial charge on any atom is 0.0151 e. The summed E-state index contributed by atoms with van der Waals surface area (Å²) >= 11 is 0. The van der Waals surface area contributed by atoms with Crippen LogP contribution < -0.4 is 0 Å².